The zero-order valence-corrected chi connectivity index (χ0v) is 19.5. The van der Waals surface area contributed by atoms with Gasteiger partial charge < -0.3 is 14.7 Å². The van der Waals surface area contributed by atoms with Crippen molar-refractivity contribution in [3.8, 4) is 0 Å². The van der Waals surface area contributed by atoms with Crippen LogP contribution in [0.4, 0.5) is 11.4 Å². The Morgan fingerprint density at radius 1 is 0.793 bits per heavy atom. The number of anilines is 2. The Balaban J connectivity index is 0.00000240. The van der Waals surface area contributed by atoms with Crippen LogP contribution in [0.25, 0.3) is 0 Å². The summed E-state index contributed by atoms with van der Waals surface area (Å²) in [6.07, 6.45) is 2.54. The summed E-state index contributed by atoms with van der Waals surface area (Å²) in [5.74, 6) is 1.14. The van der Waals surface area contributed by atoms with Gasteiger partial charge in [0.25, 0.3) is 0 Å². The third-order valence-electron chi connectivity index (χ3n) is 6.77. The molecule has 0 saturated carbocycles. The molecule has 0 aromatic heterocycles. The number of rotatable bonds is 5. The summed E-state index contributed by atoms with van der Waals surface area (Å²) in [4.78, 5) is 6.39. The molecule has 2 aromatic carbocycles. The van der Waals surface area contributed by atoms with Gasteiger partial charge in [0.2, 0.25) is 0 Å². The monoisotopic (exact) mass is 433 g/mol. The van der Waals surface area contributed by atoms with Crippen molar-refractivity contribution in [2.75, 3.05) is 57.6 Å². The minimum absolute atomic E-state index is 0. The summed E-state index contributed by atoms with van der Waals surface area (Å²) in [7, 11) is 8.32. The Morgan fingerprint density at radius 3 is 1.52 bits per heavy atom. The van der Waals surface area contributed by atoms with Gasteiger partial charge >= 0.3 is 0 Å². The zero-order chi connectivity index (χ0) is 19.9. The highest BCUT2D eigenvalue weighted by atomic mass is 35.5. The fraction of sp³-hybridized carbons (Fsp3) is 0.500. The van der Waals surface area contributed by atoms with E-state index >= 15 is 0 Å². The standard InChI is InChI=1S/C24H32ClN3.ClH/c1-26(2)21-9-5-19(6-10-21)24(25,20-7-11-22(12-8-20)27(3)4)23-17-28-15-13-18(23)14-16-28;/h5-12,18,23H,13-17H2,1-4H3;1H. The number of hydrogen-bond donors (Lipinski definition) is 0. The maximum absolute atomic E-state index is 7.67. The molecule has 2 aromatic rings. The topological polar surface area (TPSA) is 9.72 Å². The van der Waals surface area contributed by atoms with Crippen LogP contribution in [0.5, 0.6) is 0 Å². The van der Waals surface area contributed by atoms with E-state index in [1.165, 1.54) is 48.4 Å². The van der Waals surface area contributed by atoms with Crippen LogP contribution in [-0.2, 0) is 4.87 Å². The number of hydrogen-bond acceptors (Lipinski definition) is 3. The molecule has 0 spiro atoms. The Bertz CT molecular complexity index is 742. The van der Waals surface area contributed by atoms with E-state index in [9.17, 15) is 0 Å². The highest BCUT2D eigenvalue weighted by Gasteiger charge is 2.48. The molecule has 0 amide bonds. The molecule has 3 aliphatic heterocycles. The lowest BCUT2D eigenvalue weighted by Crippen LogP contribution is -2.53. The molecule has 3 heterocycles. The maximum Gasteiger partial charge on any atom is 0.0987 e. The van der Waals surface area contributed by atoms with Gasteiger partial charge in [-0.15, -0.1) is 24.0 Å². The van der Waals surface area contributed by atoms with Crippen LogP contribution in [0.1, 0.15) is 24.0 Å². The number of piperidine rings is 3. The van der Waals surface area contributed by atoms with Crippen LogP contribution >= 0.6 is 24.0 Å². The van der Waals surface area contributed by atoms with E-state index in [-0.39, 0.29) is 12.4 Å². The van der Waals surface area contributed by atoms with Crippen molar-refractivity contribution in [1.29, 1.82) is 0 Å². The number of nitrogens with zero attached hydrogens (tertiary/aromatic N) is 3. The molecule has 0 N–H and O–H groups in total. The predicted octanol–water partition coefficient (Wildman–Crippen LogP) is 5.06. The van der Waals surface area contributed by atoms with Gasteiger partial charge in [-0.3, -0.25) is 0 Å². The number of benzene rings is 2. The number of fused-ring (bicyclic) bond motifs is 3. The van der Waals surface area contributed by atoms with Crippen LogP contribution in [-0.4, -0.2) is 52.7 Å². The Morgan fingerprint density at radius 2 is 1.21 bits per heavy atom. The normalized spacial score (nSPS) is 23.4. The van der Waals surface area contributed by atoms with Crippen LogP contribution in [0.2, 0.25) is 0 Å². The zero-order valence-electron chi connectivity index (χ0n) is 17.9. The van der Waals surface area contributed by atoms with Crippen LogP contribution in [0, 0.1) is 11.8 Å². The first-order valence-corrected chi connectivity index (χ1v) is 10.7. The lowest BCUT2D eigenvalue weighted by Gasteiger charge is -2.51. The Hall–Kier alpha value is -1.42. The third-order valence-corrected chi connectivity index (χ3v) is 7.49. The first kappa shape index (κ1) is 22.3. The largest absolute Gasteiger partial charge is 0.378 e. The highest BCUT2D eigenvalue weighted by Crippen LogP contribution is 2.51. The summed E-state index contributed by atoms with van der Waals surface area (Å²) >= 11 is 7.67. The Labute approximate surface area is 187 Å². The molecule has 29 heavy (non-hydrogen) atoms. The lowest BCUT2D eigenvalue weighted by atomic mass is 9.67. The maximum atomic E-state index is 7.67. The summed E-state index contributed by atoms with van der Waals surface area (Å²) in [6.45, 7) is 3.56. The fourth-order valence-corrected chi connectivity index (χ4v) is 5.51. The van der Waals surface area contributed by atoms with Gasteiger partial charge in [0.15, 0.2) is 0 Å². The second-order valence-corrected chi connectivity index (χ2v) is 9.44. The van der Waals surface area contributed by atoms with Gasteiger partial charge in [-0.25, -0.2) is 0 Å². The van der Waals surface area contributed by atoms with E-state index in [2.05, 4.69) is 91.4 Å². The molecule has 3 aliphatic rings. The van der Waals surface area contributed by atoms with Crippen LogP contribution in [0.15, 0.2) is 48.5 Å². The summed E-state index contributed by atoms with van der Waals surface area (Å²) < 4.78 is 0. The molecule has 0 aliphatic carbocycles. The molecule has 158 valence electrons. The van der Waals surface area contributed by atoms with Crippen molar-refractivity contribution < 1.29 is 0 Å². The van der Waals surface area contributed by atoms with Crippen LogP contribution < -0.4 is 9.80 Å². The lowest BCUT2D eigenvalue weighted by molar-refractivity contribution is 0.0346. The van der Waals surface area contributed by atoms with E-state index in [1.54, 1.807) is 0 Å². The summed E-state index contributed by atoms with van der Waals surface area (Å²) in [5, 5.41) is 0. The van der Waals surface area contributed by atoms with E-state index in [0.29, 0.717) is 11.8 Å². The van der Waals surface area contributed by atoms with E-state index in [4.69, 9.17) is 11.6 Å². The third kappa shape index (κ3) is 4.10. The smallest absolute Gasteiger partial charge is 0.0987 e. The molecule has 3 saturated heterocycles. The van der Waals surface area contributed by atoms with Gasteiger partial charge in [0.05, 0.1) is 4.87 Å². The molecule has 0 radical (unpaired) electrons. The quantitative estimate of drug-likeness (QED) is 0.609. The second kappa shape index (κ2) is 8.75. The number of halogens is 2. The van der Waals surface area contributed by atoms with E-state index < -0.39 is 4.87 Å². The first-order valence-electron chi connectivity index (χ1n) is 10.4. The van der Waals surface area contributed by atoms with E-state index in [1.807, 2.05) is 0 Å². The first-order chi connectivity index (χ1) is 13.4. The minimum atomic E-state index is -0.487. The second-order valence-electron chi connectivity index (χ2n) is 8.84. The van der Waals surface area contributed by atoms with Gasteiger partial charge in [-0.2, -0.15) is 0 Å². The van der Waals surface area contributed by atoms with Gasteiger partial charge in [-0.05, 0) is 67.2 Å². The van der Waals surface area contributed by atoms with Crippen molar-refractivity contribution in [2.45, 2.75) is 17.7 Å². The van der Waals surface area contributed by atoms with Gasteiger partial charge in [-0.1, -0.05) is 24.3 Å². The number of alkyl halides is 1. The van der Waals surface area contributed by atoms with Crippen molar-refractivity contribution in [3.63, 3.8) is 0 Å². The average Bonchev–Trinajstić information content (AvgIpc) is 2.74. The minimum Gasteiger partial charge on any atom is -0.378 e. The van der Waals surface area contributed by atoms with Crippen LogP contribution in [0.3, 0.4) is 0 Å². The summed E-state index contributed by atoms with van der Waals surface area (Å²) in [5.41, 5.74) is 4.85. The molecule has 3 fully saturated rings. The van der Waals surface area contributed by atoms with Gasteiger partial charge in [0, 0.05) is 52.0 Å². The SMILES string of the molecule is CN(C)c1ccc(C(Cl)(c2ccc(N(C)C)cc2)C2CN3CCC2CC3)cc1.Cl. The molecular formula is C24H33Cl2N3. The molecule has 5 rings (SSSR count). The van der Waals surface area contributed by atoms with Crippen molar-refractivity contribution in [1.82, 2.24) is 4.90 Å². The van der Waals surface area contributed by atoms with Crippen molar-refractivity contribution >= 4 is 35.4 Å². The van der Waals surface area contributed by atoms with E-state index in [0.717, 1.165) is 6.54 Å². The Kier molecular flexibility index (Phi) is 6.72. The molecule has 1 unspecified atom stereocenters. The highest BCUT2D eigenvalue weighted by molar-refractivity contribution is 6.26. The molecule has 1 atom stereocenters. The molecule has 3 nitrogen and oxygen atoms in total. The fourth-order valence-electron chi connectivity index (χ4n) is 5.01. The van der Waals surface area contributed by atoms with Crippen molar-refractivity contribution in [3.05, 3.63) is 59.7 Å². The molecule has 2 bridgehead atoms. The van der Waals surface area contributed by atoms with Crippen molar-refractivity contribution in [2.24, 2.45) is 11.8 Å². The molecule has 5 heteroatoms. The average molecular weight is 434 g/mol. The summed E-state index contributed by atoms with van der Waals surface area (Å²) in [6, 6.07) is 17.7. The predicted molar refractivity (Wildman–Crippen MR) is 128 cm³/mol. The van der Waals surface area contributed by atoms with Gasteiger partial charge in [0.1, 0.15) is 0 Å². The molecular weight excluding hydrogens is 401 g/mol.